The van der Waals surface area contributed by atoms with E-state index in [9.17, 15) is 9.59 Å². The maximum absolute atomic E-state index is 12.0. The number of aliphatic carboxylic acids is 1. The van der Waals surface area contributed by atoms with Crippen LogP contribution in [0.25, 0.3) is 5.13 Å². The van der Waals surface area contributed by atoms with Crippen molar-refractivity contribution in [1.29, 1.82) is 0 Å². The highest BCUT2D eigenvalue weighted by atomic mass is 32.1. The van der Waals surface area contributed by atoms with Crippen molar-refractivity contribution in [3.63, 3.8) is 0 Å². The van der Waals surface area contributed by atoms with Gasteiger partial charge in [-0.1, -0.05) is 11.3 Å². The molecule has 0 aliphatic heterocycles. The van der Waals surface area contributed by atoms with Gasteiger partial charge >= 0.3 is 5.97 Å². The van der Waals surface area contributed by atoms with E-state index in [4.69, 9.17) is 5.11 Å². The molecule has 6 nitrogen and oxygen atoms in total. The molecule has 0 saturated carbocycles. The van der Waals surface area contributed by atoms with E-state index in [0.717, 1.165) is 0 Å². The summed E-state index contributed by atoms with van der Waals surface area (Å²) in [5.41, 5.74) is 0.587. The molecule has 1 atom stereocenters. The molecule has 19 heavy (non-hydrogen) atoms. The molecule has 1 amide bonds. The molecular weight excluding hydrogens is 266 g/mol. The Hall–Kier alpha value is -2.15. The number of nitrogens with one attached hydrogen (secondary N) is 1. The highest BCUT2D eigenvalue weighted by Gasteiger charge is 2.20. The Morgan fingerprint density at radius 2 is 2.05 bits per heavy atom. The first-order valence-electron chi connectivity index (χ1n) is 5.63. The van der Waals surface area contributed by atoms with Gasteiger partial charge in [-0.2, -0.15) is 0 Å². The summed E-state index contributed by atoms with van der Waals surface area (Å²) in [6, 6.07) is 2.80. The van der Waals surface area contributed by atoms with Gasteiger partial charge in [-0.15, -0.1) is 0 Å². The van der Waals surface area contributed by atoms with E-state index in [0.29, 0.717) is 15.7 Å². The van der Waals surface area contributed by atoms with Gasteiger partial charge in [0.1, 0.15) is 10.9 Å². The fourth-order valence-electron chi connectivity index (χ4n) is 1.49. The van der Waals surface area contributed by atoms with Gasteiger partial charge < -0.3 is 15.0 Å². The molecule has 0 radical (unpaired) electrons. The summed E-state index contributed by atoms with van der Waals surface area (Å²) in [5.74, 6) is -1.48. The summed E-state index contributed by atoms with van der Waals surface area (Å²) in [6.07, 6.45) is 3.67. The summed E-state index contributed by atoms with van der Waals surface area (Å²) in [7, 11) is 0. The minimum Gasteiger partial charge on any atom is -0.480 e. The van der Waals surface area contributed by atoms with E-state index in [1.54, 1.807) is 11.5 Å². The number of thiazole rings is 1. The summed E-state index contributed by atoms with van der Waals surface area (Å²) in [5, 5.41) is 11.9. The molecule has 0 unspecified atom stereocenters. The van der Waals surface area contributed by atoms with Gasteiger partial charge in [0.05, 0.1) is 5.69 Å². The van der Waals surface area contributed by atoms with Gasteiger partial charge in [-0.3, -0.25) is 9.59 Å². The van der Waals surface area contributed by atoms with E-state index in [1.165, 1.54) is 18.3 Å². The Balaban J connectivity index is 2.21. The van der Waals surface area contributed by atoms with Crippen molar-refractivity contribution in [3.8, 4) is 5.13 Å². The van der Waals surface area contributed by atoms with E-state index >= 15 is 0 Å². The van der Waals surface area contributed by atoms with Crippen LogP contribution in [-0.2, 0) is 4.79 Å². The number of carbonyl (C=O) groups excluding carboxylic acids is 1. The third-order valence-electron chi connectivity index (χ3n) is 2.53. The summed E-state index contributed by atoms with van der Waals surface area (Å²) >= 11 is 1.23. The van der Waals surface area contributed by atoms with Crippen molar-refractivity contribution in [2.75, 3.05) is 0 Å². The molecule has 0 aromatic carbocycles. The minimum absolute atomic E-state index is 0.414. The van der Waals surface area contributed by atoms with Gasteiger partial charge in [0.2, 0.25) is 0 Å². The van der Waals surface area contributed by atoms with Crippen molar-refractivity contribution >= 4 is 23.2 Å². The molecule has 0 aliphatic rings. The number of hydrogen-bond acceptors (Lipinski definition) is 4. The molecule has 0 saturated heterocycles. The lowest BCUT2D eigenvalue weighted by Crippen LogP contribution is -2.38. The summed E-state index contributed by atoms with van der Waals surface area (Å²) in [4.78, 5) is 27.4. The second kappa shape index (κ2) is 5.23. The monoisotopic (exact) mass is 279 g/mol. The van der Waals surface area contributed by atoms with Crippen LogP contribution in [-0.4, -0.2) is 32.6 Å². The van der Waals surface area contributed by atoms with E-state index in [-0.39, 0.29) is 0 Å². The van der Waals surface area contributed by atoms with E-state index in [1.807, 2.05) is 24.5 Å². The fraction of sp³-hybridized carbons (Fsp3) is 0.250. The molecule has 0 spiro atoms. The summed E-state index contributed by atoms with van der Waals surface area (Å²) < 4.78 is 1.80. The first-order chi connectivity index (χ1) is 8.99. The second-order valence-electron chi connectivity index (χ2n) is 4.03. The molecule has 7 heteroatoms. The van der Waals surface area contributed by atoms with Crippen molar-refractivity contribution in [2.24, 2.45) is 0 Å². The first kappa shape index (κ1) is 13.3. The van der Waals surface area contributed by atoms with Crippen LogP contribution in [0.5, 0.6) is 0 Å². The van der Waals surface area contributed by atoms with Crippen LogP contribution in [0.15, 0.2) is 24.5 Å². The topological polar surface area (TPSA) is 84.2 Å². The van der Waals surface area contributed by atoms with Gasteiger partial charge in [0.15, 0.2) is 5.13 Å². The number of rotatable bonds is 4. The lowest BCUT2D eigenvalue weighted by atomic mass is 10.3. The van der Waals surface area contributed by atoms with Gasteiger partial charge in [-0.25, -0.2) is 4.98 Å². The highest BCUT2D eigenvalue weighted by Crippen LogP contribution is 2.21. The Labute approximate surface area is 113 Å². The normalized spacial score (nSPS) is 12.1. The van der Waals surface area contributed by atoms with Crippen LogP contribution in [0.4, 0.5) is 0 Å². The predicted octanol–water partition coefficient (Wildman–Crippen LogP) is 1.45. The lowest BCUT2D eigenvalue weighted by molar-refractivity contribution is -0.138. The van der Waals surface area contributed by atoms with Crippen molar-refractivity contribution in [1.82, 2.24) is 14.9 Å². The van der Waals surface area contributed by atoms with Crippen molar-refractivity contribution < 1.29 is 14.7 Å². The van der Waals surface area contributed by atoms with E-state index < -0.39 is 17.9 Å². The molecule has 100 valence electrons. The number of aryl methyl sites for hydroxylation is 1. The minimum atomic E-state index is -1.07. The van der Waals surface area contributed by atoms with Gasteiger partial charge in [0.25, 0.3) is 5.91 Å². The van der Waals surface area contributed by atoms with Crippen LogP contribution >= 0.6 is 11.3 Å². The Morgan fingerprint density at radius 3 is 2.63 bits per heavy atom. The summed E-state index contributed by atoms with van der Waals surface area (Å²) in [6.45, 7) is 3.15. The molecular formula is C12H13N3O3S. The molecule has 0 fully saturated rings. The van der Waals surface area contributed by atoms with Crippen molar-refractivity contribution in [3.05, 3.63) is 35.1 Å². The van der Waals surface area contributed by atoms with Gasteiger partial charge in [0, 0.05) is 12.4 Å². The van der Waals surface area contributed by atoms with Crippen LogP contribution in [0.2, 0.25) is 0 Å². The molecule has 2 heterocycles. The number of carboxylic acids is 1. The number of hydrogen-bond donors (Lipinski definition) is 2. The zero-order valence-electron chi connectivity index (χ0n) is 10.5. The Morgan fingerprint density at radius 1 is 1.42 bits per heavy atom. The zero-order chi connectivity index (χ0) is 14.0. The average Bonchev–Trinajstić information content (AvgIpc) is 2.96. The number of nitrogens with zero attached hydrogens (tertiary/aromatic N) is 2. The Kier molecular flexibility index (Phi) is 3.66. The number of carbonyl (C=O) groups is 2. The fourth-order valence-corrected chi connectivity index (χ4v) is 2.43. The van der Waals surface area contributed by atoms with Gasteiger partial charge in [-0.05, 0) is 26.0 Å². The van der Waals surface area contributed by atoms with Crippen LogP contribution in [0.1, 0.15) is 22.3 Å². The largest absolute Gasteiger partial charge is 0.480 e. The van der Waals surface area contributed by atoms with Crippen molar-refractivity contribution in [2.45, 2.75) is 19.9 Å². The molecule has 2 aromatic rings. The average molecular weight is 279 g/mol. The van der Waals surface area contributed by atoms with Crippen LogP contribution in [0, 0.1) is 6.92 Å². The highest BCUT2D eigenvalue weighted by molar-refractivity contribution is 7.16. The van der Waals surface area contributed by atoms with Crippen LogP contribution in [0.3, 0.4) is 0 Å². The van der Waals surface area contributed by atoms with Crippen LogP contribution < -0.4 is 5.32 Å². The Bertz CT molecular complexity index is 604. The molecule has 2 aromatic heterocycles. The molecule has 2 rings (SSSR count). The standard InChI is InChI=1S/C12H13N3O3S/c1-7-9(10(16)13-8(2)11(17)18)19-12(14-7)15-5-3-4-6-15/h3-6,8H,1-2H3,(H,13,16)(H,17,18)/t8-/m0/s1. The number of amides is 1. The molecule has 2 N–H and O–H groups in total. The third-order valence-corrected chi connectivity index (χ3v) is 3.70. The quantitative estimate of drug-likeness (QED) is 0.887. The maximum Gasteiger partial charge on any atom is 0.325 e. The number of carboxylic acid groups (broad SMARTS) is 1. The lowest BCUT2D eigenvalue weighted by Gasteiger charge is -2.07. The molecule has 0 aliphatic carbocycles. The maximum atomic E-state index is 12.0. The molecule has 0 bridgehead atoms. The number of aromatic nitrogens is 2. The first-order valence-corrected chi connectivity index (χ1v) is 6.45. The SMILES string of the molecule is Cc1nc(-n2cccc2)sc1C(=O)N[C@@H](C)C(=O)O. The van der Waals surface area contributed by atoms with E-state index in [2.05, 4.69) is 10.3 Å². The second-order valence-corrected chi connectivity index (χ2v) is 5.01. The zero-order valence-corrected chi connectivity index (χ0v) is 11.3. The predicted molar refractivity (Wildman–Crippen MR) is 70.7 cm³/mol. The smallest absolute Gasteiger partial charge is 0.325 e. The third kappa shape index (κ3) is 2.82.